The fourth-order valence-corrected chi connectivity index (χ4v) is 4.53. The van der Waals surface area contributed by atoms with Crippen LogP contribution in [-0.4, -0.2) is 48.1 Å². The maximum Gasteiger partial charge on any atom is 0.294 e. The number of amides is 4. The zero-order chi connectivity index (χ0) is 27.9. The zero-order valence-electron chi connectivity index (χ0n) is 21.6. The molecular formula is C29H27N3O6S. The summed E-state index contributed by atoms with van der Waals surface area (Å²) >= 11 is 0.763. The maximum absolute atomic E-state index is 12.8. The number of carbonyl (C=O) groups is 4. The minimum absolute atomic E-state index is 0.165. The molecule has 1 aliphatic heterocycles. The van der Waals surface area contributed by atoms with E-state index in [4.69, 9.17) is 9.47 Å². The highest BCUT2D eigenvalue weighted by atomic mass is 32.2. The van der Waals surface area contributed by atoms with E-state index in [2.05, 4.69) is 10.6 Å². The molecule has 1 saturated heterocycles. The summed E-state index contributed by atoms with van der Waals surface area (Å²) in [5.74, 6) is -0.418. The first-order chi connectivity index (χ1) is 18.7. The van der Waals surface area contributed by atoms with Crippen LogP contribution in [0.1, 0.15) is 16.7 Å². The summed E-state index contributed by atoms with van der Waals surface area (Å²) in [6.45, 7) is 3.39. The minimum atomic E-state index is -0.552. The van der Waals surface area contributed by atoms with Crippen LogP contribution in [0.25, 0.3) is 6.08 Å². The van der Waals surface area contributed by atoms with E-state index in [1.807, 2.05) is 32.0 Å². The SMILES string of the molecule is COc1ccccc1NC(=O)CN1C(=O)S/C(=C\c2ccc(OCC(=O)Nc3ccc(C)c(C)c3)cc2)C1=O. The zero-order valence-corrected chi connectivity index (χ0v) is 22.5. The van der Waals surface area contributed by atoms with Gasteiger partial charge in [0.25, 0.3) is 17.1 Å². The Bertz CT molecular complexity index is 1450. The first kappa shape index (κ1) is 27.5. The van der Waals surface area contributed by atoms with E-state index in [1.54, 1.807) is 54.6 Å². The molecule has 2 N–H and O–H groups in total. The fourth-order valence-electron chi connectivity index (χ4n) is 3.69. The van der Waals surface area contributed by atoms with E-state index in [0.29, 0.717) is 28.4 Å². The van der Waals surface area contributed by atoms with Crippen molar-refractivity contribution in [3.05, 3.63) is 88.3 Å². The monoisotopic (exact) mass is 545 g/mol. The van der Waals surface area contributed by atoms with Crippen LogP contribution in [0.5, 0.6) is 11.5 Å². The van der Waals surface area contributed by atoms with Crippen molar-refractivity contribution in [1.82, 2.24) is 4.90 Å². The number of hydrogen-bond donors (Lipinski definition) is 2. The molecular weight excluding hydrogens is 518 g/mol. The Morgan fingerprint density at radius 3 is 2.38 bits per heavy atom. The Balaban J connectivity index is 1.31. The normalized spacial score (nSPS) is 13.9. The van der Waals surface area contributed by atoms with Gasteiger partial charge < -0.3 is 20.1 Å². The lowest BCUT2D eigenvalue weighted by atomic mass is 10.1. The molecule has 200 valence electrons. The minimum Gasteiger partial charge on any atom is -0.495 e. The van der Waals surface area contributed by atoms with Crippen molar-refractivity contribution in [1.29, 1.82) is 0 Å². The number of aryl methyl sites for hydroxylation is 2. The van der Waals surface area contributed by atoms with Gasteiger partial charge in [0.2, 0.25) is 5.91 Å². The topological polar surface area (TPSA) is 114 Å². The van der Waals surface area contributed by atoms with Crippen LogP contribution in [0.15, 0.2) is 71.6 Å². The quantitative estimate of drug-likeness (QED) is 0.364. The molecule has 10 heteroatoms. The third kappa shape index (κ3) is 7.05. The van der Waals surface area contributed by atoms with Gasteiger partial charge in [-0.05, 0) is 84.8 Å². The Hall–Kier alpha value is -4.57. The summed E-state index contributed by atoms with van der Waals surface area (Å²) in [5.41, 5.74) is 4.03. The predicted octanol–water partition coefficient (Wildman–Crippen LogP) is 5.00. The second-order valence-corrected chi connectivity index (χ2v) is 9.71. The number of carbonyl (C=O) groups excluding carboxylic acids is 4. The second-order valence-electron chi connectivity index (χ2n) is 8.72. The summed E-state index contributed by atoms with van der Waals surface area (Å²) in [5, 5.41) is 4.93. The number of hydrogen-bond acceptors (Lipinski definition) is 7. The number of thioether (sulfide) groups is 1. The standard InChI is InChI=1S/C29H27N3O6S/c1-18-8-11-21(14-19(18)2)30-27(34)17-38-22-12-9-20(10-13-22)15-25-28(35)32(29(36)39-25)16-26(33)31-23-6-4-5-7-24(23)37-3/h4-15H,16-17H2,1-3H3,(H,30,34)(H,31,33)/b25-15-. The summed E-state index contributed by atoms with van der Waals surface area (Å²) in [7, 11) is 1.48. The van der Waals surface area contributed by atoms with Crippen LogP contribution < -0.4 is 20.1 Å². The number of ether oxygens (including phenoxy) is 2. The molecule has 0 spiro atoms. The number of nitrogens with zero attached hydrogens (tertiary/aromatic N) is 1. The summed E-state index contributed by atoms with van der Waals surface area (Å²) in [4.78, 5) is 51.1. The number of anilines is 2. The van der Waals surface area contributed by atoms with Crippen molar-refractivity contribution in [2.45, 2.75) is 13.8 Å². The van der Waals surface area contributed by atoms with Crippen LogP contribution >= 0.6 is 11.8 Å². The lowest BCUT2D eigenvalue weighted by Crippen LogP contribution is -2.36. The molecule has 4 rings (SSSR count). The van der Waals surface area contributed by atoms with Gasteiger partial charge >= 0.3 is 0 Å². The van der Waals surface area contributed by atoms with Gasteiger partial charge in [0.1, 0.15) is 18.0 Å². The van der Waals surface area contributed by atoms with Crippen molar-refractivity contribution in [2.24, 2.45) is 0 Å². The van der Waals surface area contributed by atoms with E-state index >= 15 is 0 Å². The highest BCUT2D eigenvalue weighted by Crippen LogP contribution is 2.32. The van der Waals surface area contributed by atoms with Crippen molar-refractivity contribution in [2.75, 3.05) is 30.9 Å². The third-order valence-electron chi connectivity index (χ3n) is 5.89. The van der Waals surface area contributed by atoms with E-state index < -0.39 is 23.6 Å². The maximum atomic E-state index is 12.8. The number of methoxy groups -OCH3 is 1. The van der Waals surface area contributed by atoms with Crippen LogP contribution in [0, 0.1) is 13.8 Å². The van der Waals surface area contributed by atoms with Gasteiger partial charge in [0.15, 0.2) is 6.61 Å². The average Bonchev–Trinajstić information content (AvgIpc) is 3.17. The number of benzene rings is 3. The number of para-hydroxylation sites is 2. The first-order valence-electron chi connectivity index (χ1n) is 12.0. The summed E-state index contributed by atoms with van der Waals surface area (Å²) < 4.78 is 10.8. The Morgan fingerprint density at radius 1 is 0.923 bits per heavy atom. The molecule has 0 aliphatic carbocycles. The van der Waals surface area contributed by atoms with Crippen LogP contribution in [-0.2, 0) is 14.4 Å². The Kier molecular flexibility index (Phi) is 8.67. The molecule has 3 aromatic rings. The molecule has 0 aromatic heterocycles. The molecule has 0 bridgehead atoms. The lowest BCUT2D eigenvalue weighted by molar-refractivity contribution is -0.127. The van der Waals surface area contributed by atoms with E-state index in [-0.39, 0.29) is 17.4 Å². The molecule has 0 radical (unpaired) electrons. The van der Waals surface area contributed by atoms with E-state index in [9.17, 15) is 19.2 Å². The van der Waals surface area contributed by atoms with Gasteiger partial charge in [-0.1, -0.05) is 30.3 Å². The third-order valence-corrected chi connectivity index (χ3v) is 6.80. The highest BCUT2D eigenvalue weighted by Gasteiger charge is 2.36. The van der Waals surface area contributed by atoms with Gasteiger partial charge in [-0.25, -0.2) is 0 Å². The Labute approximate surface area is 230 Å². The molecule has 0 saturated carbocycles. The van der Waals surface area contributed by atoms with Crippen LogP contribution in [0.4, 0.5) is 16.2 Å². The lowest BCUT2D eigenvalue weighted by Gasteiger charge is -2.14. The van der Waals surface area contributed by atoms with Crippen molar-refractivity contribution >= 4 is 52.2 Å². The molecule has 1 fully saturated rings. The van der Waals surface area contributed by atoms with Gasteiger partial charge in [-0.3, -0.25) is 24.1 Å². The van der Waals surface area contributed by atoms with Crippen molar-refractivity contribution in [3.63, 3.8) is 0 Å². The van der Waals surface area contributed by atoms with E-state index in [1.165, 1.54) is 7.11 Å². The second kappa shape index (κ2) is 12.3. The van der Waals surface area contributed by atoms with Gasteiger partial charge in [-0.2, -0.15) is 0 Å². The van der Waals surface area contributed by atoms with Gasteiger partial charge in [0, 0.05) is 5.69 Å². The Morgan fingerprint density at radius 2 is 1.67 bits per heavy atom. The van der Waals surface area contributed by atoms with Gasteiger partial charge in [-0.15, -0.1) is 0 Å². The first-order valence-corrected chi connectivity index (χ1v) is 12.8. The number of imide groups is 1. The molecule has 1 aliphatic rings. The molecule has 4 amide bonds. The van der Waals surface area contributed by atoms with Crippen molar-refractivity contribution in [3.8, 4) is 11.5 Å². The molecule has 39 heavy (non-hydrogen) atoms. The molecule has 3 aromatic carbocycles. The fraction of sp³-hybridized carbons (Fsp3) is 0.172. The molecule has 9 nitrogen and oxygen atoms in total. The molecule has 1 heterocycles. The highest BCUT2D eigenvalue weighted by molar-refractivity contribution is 8.18. The summed E-state index contributed by atoms with van der Waals surface area (Å²) in [6, 6.07) is 19.3. The smallest absolute Gasteiger partial charge is 0.294 e. The van der Waals surface area contributed by atoms with Crippen molar-refractivity contribution < 1.29 is 28.7 Å². The summed E-state index contributed by atoms with van der Waals surface area (Å²) in [6.07, 6.45) is 1.57. The number of nitrogens with one attached hydrogen (secondary N) is 2. The number of rotatable bonds is 9. The van der Waals surface area contributed by atoms with Crippen LogP contribution in [0.2, 0.25) is 0 Å². The molecule has 0 unspecified atom stereocenters. The molecule has 0 atom stereocenters. The van der Waals surface area contributed by atoms with Gasteiger partial charge in [0.05, 0.1) is 17.7 Å². The van der Waals surface area contributed by atoms with Crippen LogP contribution in [0.3, 0.4) is 0 Å². The van der Waals surface area contributed by atoms with E-state index in [0.717, 1.165) is 27.8 Å². The predicted molar refractivity (Wildman–Crippen MR) is 151 cm³/mol. The largest absolute Gasteiger partial charge is 0.495 e. The average molecular weight is 546 g/mol.